The molecule has 1 saturated heterocycles. The van der Waals surface area contributed by atoms with Crippen LogP contribution in [0.25, 0.3) is 11.1 Å². The first-order valence-electron chi connectivity index (χ1n) is 6.54. The van der Waals surface area contributed by atoms with Gasteiger partial charge in [-0.15, -0.1) is 0 Å². The Kier molecular flexibility index (Phi) is 3.56. The molecule has 0 amide bonds. The first-order chi connectivity index (χ1) is 9.68. The molecule has 3 rings (SSSR count). The van der Waals surface area contributed by atoms with Crippen LogP contribution in [0.15, 0.2) is 59.5 Å². The molecule has 2 aromatic carbocycles. The van der Waals surface area contributed by atoms with Gasteiger partial charge in [-0.1, -0.05) is 42.5 Å². The first-order valence-corrected chi connectivity index (χ1v) is 8.09. The largest absolute Gasteiger partial charge is 0.288 e. The summed E-state index contributed by atoms with van der Waals surface area (Å²) in [6.45, 7) is 1.34. The summed E-state index contributed by atoms with van der Waals surface area (Å²) < 4.78 is 25.0. The molecule has 1 aliphatic heterocycles. The minimum Gasteiger partial charge on any atom is -0.288 e. The minimum absolute atomic E-state index is 0.339. The summed E-state index contributed by atoms with van der Waals surface area (Å²) in [6, 6.07) is 16.8. The fraction of sp³-hybridized carbons (Fsp3) is 0.200. The van der Waals surface area contributed by atoms with Crippen molar-refractivity contribution in [3.8, 4) is 11.1 Å². The highest BCUT2D eigenvalue weighted by Gasteiger charge is 2.29. The van der Waals surface area contributed by atoms with Gasteiger partial charge in [0.1, 0.15) is 0 Å². The number of hydrogen-bond acceptors (Lipinski definition) is 4. The topological polar surface area (TPSA) is 58.2 Å². The van der Waals surface area contributed by atoms with E-state index in [4.69, 9.17) is 0 Å². The van der Waals surface area contributed by atoms with Crippen LogP contribution >= 0.6 is 0 Å². The second kappa shape index (κ2) is 5.36. The van der Waals surface area contributed by atoms with Gasteiger partial charge in [0.15, 0.2) is 5.50 Å². The number of nitrogens with one attached hydrogen (secondary N) is 2. The molecule has 1 fully saturated rings. The Labute approximate surface area is 118 Å². The Morgan fingerprint density at radius 2 is 1.50 bits per heavy atom. The fourth-order valence-electron chi connectivity index (χ4n) is 2.32. The van der Waals surface area contributed by atoms with Crippen LogP contribution in [0.4, 0.5) is 0 Å². The molecule has 1 aliphatic rings. The van der Waals surface area contributed by atoms with E-state index in [1.807, 2.05) is 36.4 Å². The van der Waals surface area contributed by atoms with Gasteiger partial charge >= 0.3 is 0 Å². The summed E-state index contributed by atoms with van der Waals surface area (Å²) in [4.78, 5) is 0.339. The lowest BCUT2D eigenvalue weighted by Gasteiger charge is -2.13. The number of rotatable bonds is 3. The lowest BCUT2D eigenvalue weighted by atomic mass is 10.1. The second-order valence-corrected chi connectivity index (χ2v) is 6.76. The predicted molar refractivity (Wildman–Crippen MR) is 78.9 cm³/mol. The summed E-state index contributed by atoms with van der Waals surface area (Å²) in [7, 11) is -3.39. The van der Waals surface area contributed by atoms with Gasteiger partial charge in [-0.05, 0) is 23.3 Å². The molecule has 0 atom stereocenters. The zero-order chi connectivity index (χ0) is 14.0. The summed E-state index contributed by atoms with van der Waals surface area (Å²) in [6.07, 6.45) is 0. The van der Waals surface area contributed by atoms with Crippen LogP contribution in [0, 0.1) is 0 Å². The maximum absolute atomic E-state index is 12.5. The Morgan fingerprint density at radius 1 is 0.850 bits per heavy atom. The Bertz CT molecular complexity index is 693. The van der Waals surface area contributed by atoms with Gasteiger partial charge in [-0.2, -0.15) is 0 Å². The molecule has 0 saturated carbocycles. The highest BCUT2D eigenvalue weighted by atomic mass is 32.2. The van der Waals surface area contributed by atoms with Gasteiger partial charge in [0, 0.05) is 13.1 Å². The maximum Gasteiger partial charge on any atom is 0.207 e. The molecule has 2 N–H and O–H groups in total. The fourth-order valence-corrected chi connectivity index (χ4v) is 3.82. The predicted octanol–water partition coefficient (Wildman–Crippen LogP) is 1.60. The zero-order valence-corrected chi connectivity index (χ0v) is 11.7. The van der Waals surface area contributed by atoms with Crippen molar-refractivity contribution >= 4 is 9.84 Å². The van der Waals surface area contributed by atoms with Crippen molar-refractivity contribution in [1.29, 1.82) is 0 Å². The van der Waals surface area contributed by atoms with Crippen molar-refractivity contribution in [1.82, 2.24) is 10.6 Å². The third kappa shape index (κ3) is 2.47. The molecule has 0 bridgehead atoms. The average Bonchev–Trinajstić information content (AvgIpc) is 3.03. The van der Waals surface area contributed by atoms with E-state index in [1.165, 1.54) is 0 Å². The van der Waals surface area contributed by atoms with Gasteiger partial charge in [-0.3, -0.25) is 10.6 Å². The zero-order valence-electron chi connectivity index (χ0n) is 10.9. The van der Waals surface area contributed by atoms with E-state index in [0.717, 1.165) is 11.1 Å². The van der Waals surface area contributed by atoms with Crippen LogP contribution in [0.2, 0.25) is 0 Å². The van der Waals surface area contributed by atoms with Crippen molar-refractivity contribution < 1.29 is 8.42 Å². The third-order valence-electron chi connectivity index (χ3n) is 3.36. The molecule has 4 nitrogen and oxygen atoms in total. The van der Waals surface area contributed by atoms with Crippen LogP contribution in [0.5, 0.6) is 0 Å². The van der Waals surface area contributed by atoms with Crippen LogP contribution < -0.4 is 10.6 Å². The number of hydrogen-bond donors (Lipinski definition) is 2. The summed E-state index contributed by atoms with van der Waals surface area (Å²) >= 11 is 0. The molecule has 1 heterocycles. The van der Waals surface area contributed by atoms with Gasteiger partial charge in [0.25, 0.3) is 0 Å². The van der Waals surface area contributed by atoms with Crippen molar-refractivity contribution in [2.75, 3.05) is 13.1 Å². The Hall–Kier alpha value is -1.69. The van der Waals surface area contributed by atoms with Crippen molar-refractivity contribution in [2.45, 2.75) is 10.4 Å². The van der Waals surface area contributed by atoms with Gasteiger partial charge in [0.05, 0.1) is 4.90 Å². The van der Waals surface area contributed by atoms with Crippen LogP contribution in [0.3, 0.4) is 0 Å². The lowest BCUT2D eigenvalue weighted by molar-refractivity contribution is 0.561. The monoisotopic (exact) mass is 288 g/mol. The normalized spacial score (nSPS) is 16.4. The van der Waals surface area contributed by atoms with Gasteiger partial charge in [0.2, 0.25) is 9.84 Å². The Balaban J connectivity index is 1.99. The van der Waals surface area contributed by atoms with Crippen molar-refractivity contribution in [3.05, 3.63) is 54.6 Å². The van der Waals surface area contributed by atoms with Crippen LogP contribution in [0.1, 0.15) is 0 Å². The maximum atomic E-state index is 12.5. The second-order valence-electron chi connectivity index (χ2n) is 4.73. The van der Waals surface area contributed by atoms with E-state index in [2.05, 4.69) is 10.6 Å². The third-order valence-corrected chi connectivity index (χ3v) is 5.23. The quantitative estimate of drug-likeness (QED) is 0.901. The van der Waals surface area contributed by atoms with E-state index >= 15 is 0 Å². The average molecular weight is 288 g/mol. The van der Waals surface area contributed by atoms with E-state index in [9.17, 15) is 8.42 Å². The minimum atomic E-state index is -3.39. The summed E-state index contributed by atoms with van der Waals surface area (Å²) in [5, 5.41) is 5.91. The SMILES string of the molecule is O=S(=O)(c1cccc(-c2ccccc2)c1)C1NCCN1. The summed E-state index contributed by atoms with van der Waals surface area (Å²) in [5.41, 5.74) is 1.23. The molecule has 0 aliphatic carbocycles. The van der Waals surface area contributed by atoms with Crippen molar-refractivity contribution in [2.24, 2.45) is 0 Å². The van der Waals surface area contributed by atoms with E-state index < -0.39 is 15.3 Å². The smallest absolute Gasteiger partial charge is 0.207 e. The molecule has 2 aromatic rings. The highest BCUT2D eigenvalue weighted by Crippen LogP contribution is 2.23. The molecule has 0 aromatic heterocycles. The number of sulfone groups is 1. The Morgan fingerprint density at radius 3 is 2.20 bits per heavy atom. The molecular formula is C15H16N2O2S. The molecule has 0 spiro atoms. The van der Waals surface area contributed by atoms with Gasteiger partial charge in [-0.25, -0.2) is 8.42 Å². The van der Waals surface area contributed by atoms with Crippen molar-refractivity contribution in [3.63, 3.8) is 0 Å². The van der Waals surface area contributed by atoms with Gasteiger partial charge < -0.3 is 0 Å². The molecular weight excluding hydrogens is 272 g/mol. The highest BCUT2D eigenvalue weighted by molar-refractivity contribution is 7.92. The summed E-state index contributed by atoms with van der Waals surface area (Å²) in [5.74, 6) is 0. The van der Waals surface area contributed by atoms with E-state index in [-0.39, 0.29) is 0 Å². The molecule has 5 heteroatoms. The van der Waals surface area contributed by atoms with E-state index in [0.29, 0.717) is 18.0 Å². The number of benzene rings is 2. The molecule has 0 radical (unpaired) electrons. The van der Waals surface area contributed by atoms with Crippen LogP contribution in [-0.4, -0.2) is 27.0 Å². The lowest BCUT2D eigenvalue weighted by Crippen LogP contribution is -2.39. The van der Waals surface area contributed by atoms with E-state index in [1.54, 1.807) is 18.2 Å². The standard InChI is InChI=1S/C15H16N2O2S/c18-20(19,15-16-9-10-17-15)14-8-4-7-13(11-14)12-5-2-1-3-6-12/h1-8,11,15-17H,9-10H2. The van der Waals surface area contributed by atoms with Crippen LogP contribution in [-0.2, 0) is 9.84 Å². The molecule has 104 valence electrons. The molecule has 20 heavy (non-hydrogen) atoms. The molecule has 0 unspecified atom stereocenters. The first kappa shape index (κ1) is 13.3.